The molecule has 0 spiro atoms. The number of carbonyl (C=O) groups excluding carboxylic acids is 2. The highest BCUT2D eigenvalue weighted by atomic mass is 16.2. The number of piperidine rings is 1. The zero-order chi connectivity index (χ0) is 19.1. The van der Waals surface area contributed by atoms with Gasteiger partial charge in [0.25, 0.3) is 0 Å². The third kappa shape index (κ3) is 6.33. The number of amides is 2. The molecule has 3 rings (SSSR count). The lowest BCUT2D eigenvalue weighted by Gasteiger charge is -2.32. The van der Waals surface area contributed by atoms with Gasteiger partial charge in [0.1, 0.15) is 0 Å². The van der Waals surface area contributed by atoms with Gasteiger partial charge in [-0.25, -0.2) is 0 Å². The van der Waals surface area contributed by atoms with Crippen LogP contribution < -0.4 is 10.6 Å². The van der Waals surface area contributed by atoms with Gasteiger partial charge in [0.2, 0.25) is 11.8 Å². The van der Waals surface area contributed by atoms with E-state index in [1.807, 2.05) is 29.2 Å². The first-order chi connectivity index (χ1) is 13.1. The number of carbonyl (C=O) groups is 2. The van der Waals surface area contributed by atoms with Crippen molar-refractivity contribution in [1.29, 1.82) is 0 Å². The average molecular weight is 373 g/mol. The van der Waals surface area contributed by atoms with Crippen molar-refractivity contribution in [2.24, 2.45) is 5.92 Å². The lowest BCUT2D eigenvalue weighted by molar-refractivity contribution is -0.132. The highest BCUT2D eigenvalue weighted by molar-refractivity contribution is 5.90. The molecule has 0 saturated carbocycles. The molecular formula is C21H32N4O2. The summed E-state index contributed by atoms with van der Waals surface area (Å²) in [5, 5.41) is 6.33. The highest BCUT2D eigenvalue weighted by Crippen LogP contribution is 2.18. The first-order valence-electron chi connectivity index (χ1n) is 10.2. The molecule has 2 aliphatic heterocycles. The summed E-state index contributed by atoms with van der Waals surface area (Å²) in [6.07, 6.45) is 4.31. The lowest BCUT2D eigenvalue weighted by atomic mass is 9.93. The Kier molecular flexibility index (Phi) is 7.24. The summed E-state index contributed by atoms with van der Waals surface area (Å²) in [6.45, 7) is 5.63. The zero-order valence-electron chi connectivity index (χ0n) is 16.4. The van der Waals surface area contributed by atoms with Gasteiger partial charge in [-0.2, -0.15) is 0 Å². The van der Waals surface area contributed by atoms with E-state index in [9.17, 15) is 9.59 Å². The largest absolute Gasteiger partial charge is 0.340 e. The maximum absolute atomic E-state index is 12.4. The molecule has 6 heteroatoms. The van der Waals surface area contributed by atoms with E-state index in [4.69, 9.17) is 0 Å². The molecule has 2 fully saturated rings. The van der Waals surface area contributed by atoms with Crippen LogP contribution in [0.1, 0.15) is 31.2 Å². The number of piperazine rings is 1. The number of rotatable bonds is 6. The quantitative estimate of drug-likeness (QED) is 0.798. The number of anilines is 1. The first kappa shape index (κ1) is 19.8. The predicted molar refractivity (Wildman–Crippen MR) is 108 cm³/mol. The van der Waals surface area contributed by atoms with Gasteiger partial charge in [0.05, 0.1) is 6.42 Å². The summed E-state index contributed by atoms with van der Waals surface area (Å²) in [7, 11) is 2.08. The molecule has 2 amide bonds. The second kappa shape index (κ2) is 9.85. The van der Waals surface area contributed by atoms with Gasteiger partial charge in [0.15, 0.2) is 0 Å². The van der Waals surface area contributed by atoms with Crippen LogP contribution in [-0.2, 0) is 16.0 Å². The molecule has 1 aromatic rings. The van der Waals surface area contributed by atoms with Gasteiger partial charge in [-0.3, -0.25) is 9.59 Å². The molecule has 0 aliphatic carbocycles. The van der Waals surface area contributed by atoms with Crippen LogP contribution in [0.25, 0.3) is 0 Å². The summed E-state index contributed by atoms with van der Waals surface area (Å²) in [6, 6.07) is 7.68. The fourth-order valence-electron chi connectivity index (χ4n) is 3.78. The molecule has 0 unspecified atom stereocenters. The minimum atomic E-state index is 0.0785. The van der Waals surface area contributed by atoms with Gasteiger partial charge in [-0.05, 0) is 63.0 Å². The molecule has 2 aliphatic rings. The van der Waals surface area contributed by atoms with Crippen molar-refractivity contribution in [3.05, 3.63) is 29.8 Å². The number of likely N-dealkylation sites (N-methyl/N-ethyl adjacent to an activating group) is 1. The number of hydrogen-bond acceptors (Lipinski definition) is 4. The van der Waals surface area contributed by atoms with Gasteiger partial charge >= 0.3 is 0 Å². The van der Waals surface area contributed by atoms with Gasteiger partial charge in [0, 0.05) is 38.3 Å². The standard InChI is InChI=1S/C21H32N4O2/c1-24-12-14-25(15-13-24)21(27)16-18-2-5-19(6-3-18)23-20(26)7-4-17-8-10-22-11-9-17/h2-3,5-6,17,22H,4,7-16H2,1H3,(H,23,26). The summed E-state index contributed by atoms with van der Waals surface area (Å²) in [5.41, 5.74) is 1.80. The van der Waals surface area contributed by atoms with Crippen LogP contribution in [0.5, 0.6) is 0 Å². The second-order valence-corrected chi connectivity index (χ2v) is 7.84. The van der Waals surface area contributed by atoms with E-state index in [2.05, 4.69) is 22.6 Å². The number of nitrogens with one attached hydrogen (secondary N) is 2. The fraction of sp³-hybridized carbons (Fsp3) is 0.619. The molecule has 0 atom stereocenters. The Morgan fingerprint density at radius 2 is 1.74 bits per heavy atom. The fourth-order valence-corrected chi connectivity index (χ4v) is 3.78. The van der Waals surface area contributed by atoms with Crippen molar-refractivity contribution < 1.29 is 9.59 Å². The summed E-state index contributed by atoms with van der Waals surface area (Å²) < 4.78 is 0. The van der Waals surface area contributed by atoms with E-state index in [0.29, 0.717) is 18.8 Å². The third-order valence-corrected chi connectivity index (χ3v) is 5.69. The summed E-state index contributed by atoms with van der Waals surface area (Å²) in [4.78, 5) is 28.7. The molecule has 2 heterocycles. The predicted octanol–water partition coefficient (Wildman–Crippen LogP) is 1.72. The molecule has 1 aromatic carbocycles. The summed E-state index contributed by atoms with van der Waals surface area (Å²) in [5.74, 6) is 0.927. The van der Waals surface area contributed by atoms with E-state index in [-0.39, 0.29) is 11.8 Å². The Morgan fingerprint density at radius 3 is 2.41 bits per heavy atom. The Hall–Kier alpha value is -1.92. The molecule has 27 heavy (non-hydrogen) atoms. The molecule has 0 aromatic heterocycles. The van der Waals surface area contributed by atoms with Crippen LogP contribution in [0.3, 0.4) is 0 Å². The monoisotopic (exact) mass is 372 g/mol. The SMILES string of the molecule is CN1CCN(C(=O)Cc2ccc(NC(=O)CCC3CCNCC3)cc2)CC1. The Labute approximate surface area is 162 Å². The Morgan fingerprint density at radius 1 is 1.07 bits per heavy atom. The molecule has 6 nitrogen and oxygen atoms in total. The third-order valence-electron chi connectivity index (χ3n) is 5.69. The first-order valence-corrected chi connectivity index (χ1v) is 10.2. The Balaban J connectivity index is 1.41. The van der Waals surface area contributed by atoms with Crippen molar-refractivity contribution in [2.45, 2.75) is 32.1 Å². The van der Waals surface area contributed by atoms with Crippen molar-refractivity contribution >= 4 is 17.5 Å². The number of hydrogen-bond donors (Lipinski definition) is 2. The minimum absolute atomic E-state index is 0.0785. The lowest BCUT2D eigenvalue weighted by Crippen LogP contribution is -2.47. The van der Waals surface area contributed by atoms with E-state index in [1.165, 1.54) is 12.8 Å². The van der Waals surface area contributed by atoms with Crippen LogP contribution >= 0.6 is 0 Å². The van der Waals surface area contributed by atoms with Crippen molar-refractivity contribution in [3.63, 3.8) is 0 Å². The van der Waals surface area contributed by atoms with Crippen molar-refractivity contribution in [3.8, 4) is 0 Å². The van der Waals surface area contributed by atoms with E-state index < -0.39 is 0 Å². The minimum Gasteiger partial charge on any atom is -0.340 e. The second-order valence-electron chi connectivity index (χ2n) is 7.84. The van der Waals surface area contributed by atoms with Crippen LogP contribution in [-0.4, -0.2) is 67.9 Å². The van der Waals surface area contributed by atoms with Gasteiger partial charge in [-0.15, -0.1) is 0 Å². The van der Waals surface area contributed by atoms with Gasteiger partial charge in [-0.1, -0.05) is 12.1 Å². The topological polar surface area (TPSA) is 64.7 Å². The zero-order valence-corrected chi connectivity index (χ0v) is 16.4. The maximum atomic E-state index is 12.4. The van der Waals surface area contributed by atoms with Crippen molar-refractivity contribution in [1.82, 2.24) is 15.1 Å². The van der Waals surface area contributed by atoms with E-state index in [0.717, 1.165) is 56.9 Å². The molecule has 2 N–H and O–H groups in total. The summed E-state index contributed by atoms with van der Waals surface area (Å²) >= 11 is 0. The molecule has 2 saturated heterocycles. The van der Waals surface area contributed by atoms with Crippen LogP contribution in [0, 0.1) is 5.92 Å². The van der Waals surface area contributed by atoms with Crippen LogP contribution in [0.2, 0.25) is 0 Å². The van der Waals surface area contributed by atoms with Crippen molar-refractivity contribution in [2.75, 3.05) is 51.6 Å². The van der Waals surface area contributed by atoms with E-state index in [1.54, 1.807) is 0 Å². The normalized spacial score (nSPS) is 19.1. The highest BCUT2D eigenvalue weighted by Gasteiger charge is 2.19. The number of benzene rings is 1. The van der Waals surface area contributed by atoms with Gasteiger partial charge < -0.3 is 20.4 Å². The smallest absolute Gasteiger partial charge is 0.227 e. The maximum Gasteiger partial charge on any atom is 0.227 e. The average Bonchev–Trinajstić information content (AvgIpc) is 2.69. The number of nitrogens with zero attached hydrogens (tertiary/aromatic N) is 2. The van der Waals surface area contributed by atoms with E-state index >= 15 is 0 Å². The Bertz CT molecular complexity index is 618. The molecule has 0 bridgehead atoms. The molecule has 0 radical (unpaired) electrons. The molecular weight excluding hydrogens is 340 g/mol. The molecule has 148 valence electrons. The van der Waals surface area contributed by atoms with Crippen LogP contribution in [0.15, 0.2) is 24.3 Å². The van der Waals surface area contributed by atoms with Crippen LogP contribution in [0.4, 0.5) is 5.69 Å².